The molecule has 0 N–H and O–H groups in total. The zero-order valence-corrected chi connectivity index (χ0v) is 26.6. The summed E-state index contributed by atoms with van der Waals surface area (Å²) in [6, 6.07) is 20.2. The lowest BCUT2D eigenvalue weighted by atomic mass is 10.1. The van der Waals surface area contributed by atoms with Crippen molar-refractivity contribution in [2.45, 2.75) is 44.7 Å². The molecule has 13 heteroatoms. The lowest BCUT2D eigenvalue weighted by Gasteiger charge is -2.37. The van der Waals surface area contributed by atoms with Crippen LogP contribution < -0.4 is 20.2 Å². The van der Waals surface area contributed by atoms with Gasteiger partial charge in [-0.3, -0.25) is 4.98 Å². The summed E-state index contributed by atoms with van der Waals surface area (Å²) in [6.07, 6.45) is 8.91. The molecular weight excluding hydrogens is 598 g/mol. The fourth-order valence-electron chi connectivity index (χ4n) is 6.05. The Hall–Kier alpha value is -5.01. The Kier molecular flexibility index (Phi) is 8.72. The first-order valence-corrected chi connectivity index (χ1v) is 16.1. The average molecular weight is 638 g/mol. The maximum atomic E-state index is 12.8. The number of anilines is 2. The molecule has 0 bridgehead atoms. The molecule has 13 nitrogen and oxygen atoms in total. The molecule has 0 spiro atoms. The Morgan fingerprint density at radius 1 is 0.851 bits per heavy atom. The number of pyridine rings is 1. The van der Waals surface area contributed by atoms with Crippen LogP contribution in [0.5, 0.6) is 5.75 Å². The van der Waals surface area contributed by atoms with Crippen LogP contribution in [0.1, 0.15) is 31.9 Å². The van der Waals surface area contributed by atoms with E-state index in [1.807, 2.05) is 43.3 Å². The Morgan fingerprint density at radius 2 is 1.47 bits per heavy atom. The largest absolute Gasteiger partial charge is 0.491 e. The van der Waals surface area contributed by atoms with E-state index in [9.17, 15) is 4.79 Å². The molecule has 7 rings (SSSR count). The maximum absolute atomic E-state index is 12.8. The molecule has 0 radical (unpaired) electrons. The van der Waals surface area contributed by atoms with E-state index in [1.165, 1.54) is 0 Å². The van der Waals surface area contributed by atoms with Crippen LogP contribution in [0.15, 0.2) is 96.6 Å². The second-order valence-electron chi connectivity index (χ2n) is 11.9. The number of rotatable bonds is 11. The molecule has 5 heterocycles. The highest BCUT2D eigenvalue weighted by atomic mass is 16.8. The van der Waals surface area contributed by atoms with Crippen LogP contribution in [0.25, 0.3) is 5.69 Å². The first-order chi connectivity index (χ1) is 23.0. The van der Waals surface area contributed by atoms with Gasteiger partial charge in [-0.15, -0.1) is 0 Å². The van der Waals surface area contributed by atoms with Crippen molar-refractivity contribution in [2.75, 3.05) is 49.2 Å². The van der Waals surface area contributed by atoms with Crippen LogP contribution in [0.2, 0.25) is 0 Å². The monoisotopic (exact) mass is 637 g/mol. The minimum absolute atomic E-state index is 0.0705. The van der Waals surface area contributed by atoms with Crippen molar-refractivity contribution in [3.63, 3.8) is 0 Å². The summed E-state index contributed by atoms with van der Waals surface area (Å²) in [7, 11) is 0. The van der Waals surface area contributed by atoms with Gasteiger partial charge < -0.3 is 24.0 Å². The van der Waals surface area contributed by atoms with Gasteiger partial charge in [0.1, 0.15) is 31.3 Å². The number of aromatic nitrogens is 7. The molecule has 2 aliphatic rings. The molecule has 0 aliphatic carbocycles. The smallest absolute Gasteiger partial charge is 0.350 e. The normalized spacial score (nSPS) is 20.4. The van der Waals surface area contributed by atoms with Gasteiger partial charge in [0.15, 0.2) is 0 Å². The van der Waals surface area contributed by atoms with Gasteiger partial charge in [0.25, 0.3) is 0 Å². The van der Waals surface area contributed by atoms with Gasteiger partial charge in [-0.05, 0) is 74.0 Å². The van der Waals surface area contributed by atoms with E-state index in [4.69, 9.17) is 14.2 Å². The lowest BCUT2D eigenvalue weighted by Crippen LogP contribution is -2.46. The van der Waals surface area contributed by atoms with Gasteiger partial charge in [-0.25, -0.2) is 14.0 Å². The highest BCUT2D eigenvalue weighted by Gasteiger charge is 2.44. The van der Waals surface area contributed by atoms with E-state index in [0.717, 1.165) is 61.0 Å². The summed E-state index contributed by atoms with van der Waals surface area (Å²) < 4.78 is 21.9. The maximum Gasteiger partial charge on any atom is 0.350 e. The van der Waals surface area contributed by atoms with Crippen LogP contribution in [0.4, 0.5) is 11.4 Å². The SMILES string of the molecule is CCC(C)n1ncn(-c2ccc(N3CCN(c4ccc(OC[C@@H]5CO[C@@](Cn6nccn6)(c6ccncc6)O5)cc4)CC3)cc2)c1=O. The van der Waals surface area contributed by atoms with E-state index >= 15 is 0 Å². The minimum atomic E-state index is -1.01. The Bertz CT molecular complexity index is 1780. The molecule has 2 saturated heterocycles. The van der Waals surface area contributed by atoms with E-state index in [0.29, 0.717) is 19.8 Å². The van der Waals surface area contributed by atoms with Crippen LogP contribution in [-0.4, -0.2) is 79.8 Å². The predicted octanol–water partition coefficient (Wildman–Crippen LogP) is 3.67. The Morgan fingerprint density at radius 3 is 2.11 bits per heavy atom. The molecule has 0 saturated carbocycles. The van der Waals surface area contributed by atoms with E-state index in [-0.39, 0.29) is 17.8 Å². The van der Waals surface area contributed by atoms with Crippen molar-refractivity contribution < 1.29 is 14.2 Å². The molecule has 2 fully saturated rings. The first kappa shape index (κ1) is 30.6. The van der Waals surface area contributed by atoms with Crippen molar-refractivity contribution in [3.8, 4) is 11.4 Å². The van der Waals surface area contributed by atoms with E-state index in [1.54, 1.807) is 45.2 Å². The molecule has 5 aromatic rings. The second kappa shape index (κ2) is 13.4. The summed E-state index contributed by atoms with van der Waals surface area (Å²) in [5.41, 5.74) is 3.87. The third-order valence-corrected chi connectivity index (χ3v) is 8.91. The number of nitrogens with zero attached hydrogens (tertiary/aromatic N) is 9. The fourth-order valence-corrected chi connectivity index (χ4v) is 6.05. The van der Waals surface area contributed by atoms with Crippen molar-refractivity contribution in [2.24, 2.45) is 0 Å². The van der Waals surface area contributed by atoms with Gasteiger partial charge in [0, 0.05) is 55.5 Å². The number of benzene rings is 2. The Balaban J connectivity index is 0.913. The molecule has 3 atom stereocenters. The molecule has 2 aliphatic heterocycles. The van der Waals surface area contributed by atoms with Crippen LogP contribution >= 0.6 is 0 Å². The van der Waals surface area contributed by atoms with E-state index < -0.39 is 5.79 Å². The molecule has 0 amide bonds. The van der Waals surface area contributed by atoms with Crippen molar-refractivity contribution in [1.29, 1.82) is 0 Å². The molecule has 47 heavy (non-hydrogen) atoms. The van der Waals surface area contributed by atoms with Crippen molar-refractivity contribution >= 4 is 11.4 Å². The van der Waals surface area contributed by atoms with Crippen molar-refractivity contribution in [3.05, 3.63) is 108 Å². The summed E-state index contributed by atoms with van der Waals surface area (Å²) in [5.74, 6) is -0.235. The lowest BCUT2D eigenvalue weighted by molar-refractivity contribution is -0.192. The minimum Gasteiger partial charge on any atom is -0.491 e. The van der Waals surface area contributed by atoms with Gasteiger partial charge >= 0.3 is 5.69 Å². The quantitative estimate of drug-likeness (QED) is 0.212. The predicted molar refractivity (Wildman–Crippen MR) is 176 cm³/mol. The van der Waals surface area contributed by atoms with Gasteiger partial charge in [-0.1, -0.05) is 6.92 Å². The molecular formula is C34H39N9O4. The van der Waals surface area contributed by atoms with Crippen LogP contribution in [0, 0.1) is 0 Å². The van der Waals surface area contributed by atoms with Crippen molar-refractivity contribution in [1.82, 2.24) is 34.3 Å². The molecule has 3 aromatic heterocycles. The third kappa shape index (κ3) is 6.49. The number of ether oxygens (including phenoxy) is 3. The highest BCUT2D eigenvalue weighted by molar-refractivity contribution is 5.54. The third-order valence-electron chi connectivity index (χ3n) is 8.91. The van der Waals surface area contributed by atoms with E-state index in [2.05, 4.69) is 61.3 Å². The zero-order valence-electron chi connectivity index (χ0n) is 26.6. The second-order valence-corrected chi connectivity index (χ2v) is 11.9. The summed E-state index contributed by atoms with van der Waals surface area (Å²) in [5, 5.41) is 12.8. The first-order valence-electron chi connectivity index (χ1n) is 16.1. The van der Waals surface area contributed by atoms with Crippen LogP contribution in [-0.2, 0) is 21.8 Å². The topological polar surface area (TPSA) is 118 Å². The summed E-state index contributed by atoms with van der Waals surface area (Å²) in [4.78, 5) is 23.2. The summed E-state index contributed by atoms with van der Waals surface area (Å²) in [6.45, 7) is 8.71. The highest BCUT2D eigenvalue weighted by Crippen LogP contribution is 2.36. The molecule has 1 unspecified atom stereocenters. The molecule has 2 aromatic carbocycles. The fraction of sp³-hybridized carbons (Fsp3) is 0.382. The standard InChI is InChI=1S/C34H39N9O4/c1-3-26(2)43-33(44)41(25-38-43)30-6-4-28(5-7-30)39-18-20-40(21-19-39)29-8-10-31(11-9-29)45-22-32-23-46-34(47-32,24-42-36-16-17-37-42)27-12-14-35-15-13-27/h4-17,25-26,32H,3,18-24H2,1-2H3/t26?,32-,34-/m1/s1. The Labute approximate surface area is 272 Å². The number of hydrogen-bond donors (Lipinski definition) is 0. The summed E-state index contributed by atoms with van der Waals surface area (Å²) >= 11 is 0. The van der Waals surface area contributed by atoms with Gasteiger partial charge in [0.2, 0.25) is 5.79 Å². The average Bonchev–Trinajstić information content (AvgIpc) is 3.89. The zero-order chi connectivity index (χ0) is 32.2. The number of hydrogen-bond acceptors (Lipinski definition) is 10. The number of piperazine rings is 1. The molecule has 244 valence electrons. The van der Waals surface area contributed by atoms with Gasteiger partial charge in [-0.2, -0.15) is 20.1 Å². The van der Waals surface area contributed by atoms with Crippen LogP contribution in [0.3, 0.4) is 0 Å². The van der Waals surface area contributed by atoms with Gasteiger partial charge in [0.05, 0.1) is 30.7 Å².